The van der Waals surface area contributed by atoms with Gasteiger partial charge in [-0.25, -0.2) is 4.39 Å². The van der Waals surface area contributed by atoms with E-state index in [0.29, 0.717) is 24.3 Å². The van der Waals surface area contributed by atoms with Gasteiger partial charge in [0.1, 0.15) is 11.9 Å². The summed E-state index contributed by atoms with van der Waals surface area (Å²) < 4.78 is 13.5. The van der Waals surface area contributed by atoms with E-state index in [-0.39, 0.29) is 29.0 Å². The minimum absolute atomic E-state index is 0.00433. The SMILES string of the molecule is CC(C)[C@H](NC(=O)C12CC3CC(CC(C3)C1)C2)C(=O)N(C)Cc1cccc(F)c1. The Bertz CT molecular complexity index is 756. The number of hydrogen-bond acceptors (Lipinski definition) is 2. The quantitative estimate of drug-likeness (QED) is 0.780. The van der Waals surface area contributed by atoms with Crippen molar-refractivity contribution in [1.82, 2.24) is 10.2 Å². The van der Waals surface area contributed by atoms with Crippen molar-refractivity contribution >= 4 is 11.8 Å². The Hall–Kier alpha value is -1.91. The molecule has 4 saturated carbocycles. The molecule has 1 aromatic rings. The molecule has 1 N–H and O–H groups in total. The number of carbonyl (C=O) groups excluding carboxylic acids is 2. The van der Waals surface area contributed by atoms with Gasteiger partial charge in [-0.1, -0.05) is 26.0 Å². The zero-order valence-electron chi connectivity index (χ0n) is 17.8. The molecule has 0 radical (unpaired) electrons. The maximum Gasteiger partial charge on any atom is 0.245 e. The van der Waals surface area contributed by atoms with Crippen molar-refractivity contribution in [3.05, 3.63) is 35.6 Å². The fourth-order valence-corrected chi connectivity index (χ4v) is 6.42. The first-order chi connectivity index (χ1) is 13.8. The van der Waals surface area contributed by atoms with Crippen molar-refractivity contribution in [2.45, 2.75) is 65.0 Å². The summed E-state index contributed by atoms with van der Waals surface area (Å²) in [7, 11) is 1.72. The molecule has 0 aliphatic heterocycles. The summed E-state index contributed by atoms with van der Waals surface area (Å²) in [6, 6.07) is 5.76. The number of benzene rings is 1. The van der Waals surface area contributed by atoms with Gasteiger partial charge in [0.15, 0.2) is 0 Å². The van der Waals surface area contributed by atoms with Gasteiger partial charge in [-0.2, -0.15) is 0 Å². The lowest BCUT2D eigenvalue weighted by molar-refractivity contribution is -0.150. The second-order valence-corrected chi connectivity index (χ2v) is 10.2. The Morgan fingerprint density at radius 2 is 1.72 bits per heavy atom. The fourth-order valence-electron chi connectivity index (χ4n) is 6.42. The number of carbonyl (C=O) groups is 2. The first-order valence-electron chi connectivity index (χ1n) is 11.1. The lowest BCUT2D eigenvalue weighted by Crippen LogP contribution is -2.58. The van der Waals surface area contributed by atoms with Crippen molar-refractivity contribution < 1.29 is 14.0 Å². The molecule has 5 heteroatoms. The van der Waals surface area contributed by atoms with Crippen molar-refractivity contribution in [2.75, 3.05) is 7.05 Å². The van der Waals surface area contributed by atoms with E-state index in [4.69, 9.17) is 0 Å². The van der Waals surface area contributed by atoms with Crippen LogP contribution in [0.1, 0.15) is 57.9 Å². The normalized spacial score (nSPS) is 31.0. The summed E-state index contributed by atoms with van der Waals surface area (Å²) in [5.74, 6) is 1.74. The maximum atomic E-state index is 13.5. The van der Waals surface area contributed by atoms with Gasteiger partial charge in [0.25, 0.3) is 0 Å². The lowest BCUT2D eigenvalue weighted by Gasteiger charge is -2.56. The Morgan fingerprint density at radius 1 is 1.14 bits per heavy atom. The van der Waals surface area contributed by atoms with Gasteiger partial charge in [0.2, 0.25) is 11.8 Å². The first kappa shape index (κ1) is 20.4. The Morgan fingerprint density at radius 3 is 2.24 bits per heavy atom. The molecule has 5 rings (SSSR count). The summed E-state index contributed by atoms with van der Waals surface area (Å²) in [5, 5.41) is 3.15. The van der Waals surface area contributed by atoms with Crippen LogP contribution in [-0.4, -0.2) is 29.8 Å². The van der Waals surface area contributed by atoms with Gasteiger partial charge in [-0.05, 0) is 79.9 Å². The molecule has 2 amide bonds. The Kier molecular flexibility index (Phi) is 5.43. The molecule has 4 fully saturated rings. The highest BCUT2D eigenvalue weighted by molar-refractivity contribution is 5.90. The summed E-state index contributed by atoms with van der Waals surface area (Å²) in [6.45, 7) is 4.27. The van der Waals surface area contributed by atoms with E-state index in [1.165, 1.54) is 31.4 Å². The third-order valence-corrected chi connectivity index (χ3v) is 7.42. The van der Waals surface area contributed by atoms with Gasteiger partial charge in [0.05, 0.1) is 0 Å². The van der Waals surface area contributed by atoms with Crippen LogP contribution in [0.15, 0.2) is 24.3 Å². The minimum atomic E-state index is -0.547. The minimum Gasteiger partial charge on any atom is -0.344 e. The highest BCUT2D eigenvalue weighted by Crippen LogP contribution is 2.60. The molecule has 4 bridgehead atoms. The first-order valence-corrected chi connectivity index (χ1v) is 11.1. The molecular weight excluding hydrogens is 367 g/mol. The summed E-state index contributed by atoms with van der Waals surface area (Å²) in [6.07, 6.45) is 6.83. The second kappa shape index (κ2) is 7.73. The summed E-state index contributed by atoms with van der Waals surface area (Å²) in [4.78, 5) is 28.2. The molecule has 0 aromatic heterocycles. The van der Waals surface area contributed by atoms with Crippen LogP contribution in [0.3, 0.4) is 0 Å². The fraction of sp³-hybridized carbons (Fsp3) is 0.667. The van der Waals surface area contributed by atoms with E-state index in [1.807, 2.05) is 19.9 Å². The van der Waals surface area contributed by atoms with E-state index >= 15 is 0 Å². The van der Waals surface area contributed by atoms with E-state index in [2.05, 4.69) is 5.32 Å². The molecule has 29 heavy (non-hydrogen) atoms. The van der Waals surface area contributed by atoms with Gasteiger partial charge in [-0.3, -0.25) is 9.59 Å². The number of nitrogens with zero attached hydrogens (tertiary/aromatic N) is 1. The predicted octanol–water partition coefficient (Wildman–Crippen LogP) is 4.14. The highest BCUT2D eigenvalue weighted by atomic mass is 19.1. The highest BCUT2D eigenvalue weighted by Gasteiger charge is 2.55. The standard InChI is InChI=1S/C24H33FN2O2/c1-15(2)21(22(28)27(3)14-16-5-4-6-20(25)10-16)26-23(29)24-11-17-7-18(12-24)9-19(8-17)13-24/h4-6,10,15,17-19,21H,7-9,11-14H2,1-3H3,(H,26,29)/t17?,18?,19?,21-,24?/m0/s1. The van der Waals surface area contributed by atoms with E-state index in [1.54, 1.807) is 18.0 Å². The van der Waals surface area contributed by atoms with E-state index in [9.17, 15) is 14.0 Å². The van der Waals surface area contributed by atoms with Crippen molar-refractivity contribution in [3.63, 3.8) is 0 Å². The third-order valence-electron chi connectivity index (χ3n) is 7.42. The van der Waals surface area contributed by atoms with Crippen molar-refractivity contribution in [2.24, 2.45) is 29.1 Å². The van der Waals surface area contributed by atoms with Crippen molar-refractivity contribution in [1.29, 1.82) is 0 Å². The van der Waals surface area contributed by atoms with Crippen LogP contribution >= 0.6 is 0 Å². The average Bonchev–Trinajstić information content (AvgIpc) is 2.64. The van der Waals surface area contributed by atoms with Gasteiger partial charge >= 0.3 is 0 Å². The molecule has 158 valence electrons. The van der Waals surface area contributed by atoms with Gasteiger partial charge < -0.3 is 10.2 Å². The van der Waals surface area contributed by atoms with Gasteiger partial charge in [0, 0.05) is 19.0 Å². The largest absolute Gasteiger partial charge is 0.344 e. The third kappa shape index (κ3) is 4.06. The average molecular weight is 401 g/mol. The molecular formula is C24H33FN2O2. The predicted molar refractivity (Wildman–Crippen MR) is 110 cm³/mol. The zero-order valence-corrected chi connectivity index (χ0v) is 17.8. The van der Waals surface area contributed by atoms with Gasteiger partial charge in [-0.15, -0.1) is 0 Å². The maximum absolute atomic E-state index is 13.5. The van der Waals surface area contributed by atoms with Crippen LogP contribution in [0, 0.1) is 34.9 Å². The molecule has 1 aromatic carbocycles. The van der Waals surface area contributed by atoms with Crippen LogP contribution in [0.4, 0.5) is 4.39 Å². The molecule has 0 unspecified atom stereocenters. The second-order valence-electron chi connectivity index (χ2n) is 10.2. The number of amides is 2. The van der Waals surface area contributed by atoms with Crippen LogP contribution in [-0.2, 0) is 16.1 Å². The number of halogens is 1. The molecule has 0 saturated heterocycles. The summed E-state index contributed by atoms with van der Waals surface area (Å²) in [5.41, 5.74) is 0.485. The molecule has 1 atom stereocenters. The smallest absolute Gasteiger partial charge is 0.245 e. The van der Waals surface area contributed by atoms with Crippen LogP contribution < -0.4 is 5.32 Å². The summed E-state index contributed by atoms with van der Waals surface area (Å²) >= 11 is 0. The van der Waals surface area contributed by atoms with E-state index < -0.39 is 6.04 Å². The molecule has 0 heterocycles. The molecule has 4 aliphatic rings. The molecule has 4 aliphatic carbocycles. The Labute approximate surface area is 173 Å². The van der Waals surface area contributed by atoms with Crippen LogP contribution in [0.2, 0.25) is 0 Å². The van der Waals surface area contributed by atoms with E-state index in [0.717, 1.165) is 24.8 Å². The monoisotopic (exact) mass is 400 g/mol. The number of rotatable bonds is 6. The topological polar surface area (TPSA) is 49.4 Å². The lowest BCUT2D eigenvalue weighted by atomic mass is 9.49. The number of hydrogen-bond donors (Lipinski definition) is 1. The Balaban J connectivity index is 1.45. The van der Waals surface area contributed by atoms with Crippen LogP contribution in [0.5, 0.6) is 0 Å². The zero-order chi connectivity index (χ0) is 20.8. The van der Waals surface area contributed by atoms with Crippen LogP contribution in [0.25, 0.3) is 0 Å². The number of likely N-dealkylation sites (N-methyl/N-ethyl adjacent to an activating group) is 1. The number of nitrogens with one attached hydrogen (secondary N) is 1. The van der Waals surface area contributed by atoms with Crippen molar-refractivity contribution in [3.8, 4) is 0 Å². The molecule has 0 spiro atoms. The molecule has 4 nitrogen and oxygen atoms in total.